The van der Waals surface area contributed by atoms with E-state index in [1.807, 2.05) is 13.8 Å². The first kappa shape index (κ1) is 17.5. The van der Waals surface area contributed by atoms with Crippen molar-refractivity contribution in [3.05, 3.63) is 29.0 Å². The molecule has 0 aliphatic carbocycles. The molecule has 0 heterocycles. The second-order valence-electron chi connectivity index (χ2n) is 4.75. The van der Waals surface area contributed by atoms with E-state index < -0.39 is 20.3 Å². The maximum atomic E-state index is 13.3. The van der Waals surface area contributed by atoms with Crippen molar-refractivity contribution in [1.82, 2.24) is 0 Å². The van der Waals surface area contributed by atoms with Crippen LogP contribution in [0.25, 0.3) is 0 Å². The summed E-state index contributed by atoms with van der Waals surface area (Å²) in [4.78, 5) is 0. The molecule has 0 amide bonds. The summed E-state index contributed by atoms with van der Waals surface area (Å²) in [6, 6.07) is 4.11. The number of ether oxygens (including phenoxy) is 1. The van der Waals surface area contributed by atoms with Gasteiger partial charge in [0.2, 0.25) is 9.05 Å². The summed E-state index contributed by atoms with van der Waals surface area (Å²) in [7, 11) is 1.71. The van der Waals surface area contributed by atoms with E-state index in [-0.39, 0.29) is 17.4 Å². The quantitative estimate of drug-likeness (QED) is 0.696. The first-order valence-corrected chi connectivity index (χ1v) is 9.07. The molecule has 114 valence electrons. The lowest BCUT2D eigenvalue weighted by Crippen LogP contribution is -2.33. The summed E-state index contributed by atoms with van der Waals surface area (Å²) in [5.74, 6) is -0.442. The molecule has 0 atom stereocenters. The molecule has 0 N–H and O–H groups in total. The summed E-state index contributed by atoms with van der Waals surface area (Å²) >= 11 is 5.59. The molecule has 7 heteroatoms. The summed E-state index contributed by atoms with van der Waals surface area (Å²) in [6.45, 7) is 3.89. The van der Waals surface area contributed by atoms with Crippen molar-refractivity contribution in [2.45, 2.75) is 26.7 Å². The molecule has 0 saturated carbocycles. The van der Waals surface area contributed by atoms with Crippen LogP contribution in [0.1, 0.15) is 26.7 Å². The molecule has 0 unspecified atom stereocenters. The molecule has 0 bridgehead atoms. The van der Waals surface area contributed by atoms with Crippen LogP contribution in [0.15, 0.2) is 18.2 Å². The van der Waals surface area contributed by atoms with Crippen molar-refractivity contribution in [2.75, 3.05) is 12.4 Å². The molecule has 20 heavy (non-hydrogen) atoms. The second kappa shape index (κ2) is 6.96. The largest absolute Gasteiger partial charge is 0.493 e. The van der Waals surface area contributed by atoms with E-state index >= 15 is 0 Å². The molecule has 3 nitrogen and oxygen atoms in total. The highest BCUT2D eigenvalue weighted by Gasteiger charge is 2.32. The topological polar surface area (TPSA) is 43.4 Å². The van der Waals surface area contributed by atoms with Gasteiger partial charge < -0.3 is 4.74 Å². The van der Waals surface area contributed by atoms with Crippen LogP contribution in [0.4, 0.5) is 4.39 Å². The highest BCUT2D eigenvalue weighted by molar-refractivity contribution is 8.13. The minimum Gasteiger partial charge on any atom is -0.493 e. The van der Waals surface area contributed by atoms with Crippen molar-refractivity contribution in [3.8, 4) is 5.75 Å². The summed E-state index contributed by atoms with van der Waals surface area (Å²) in [6.07, 6.45) is 1.18. The third-order valence-corrected chi connectivity index (χ3v) is 5.01. The number of halogens is 3. The van der Waals surface area contributed by atoms with Crippen molar-refractivity contribution >= 4 is 31.3 Å². The van der Waals surface area contributed by atoms with Gasteiger partial charge in [0.1, 0.15) is 11.6 Å². The highest BCUT2D eigenvalue weighted by Crippen LogP contribution is 2.31. The third kappa shape index (κ3) is 5.11. The van der Waals surface area contributed by atoms with Gasteiger partial charge in [0.15, 0.2) is 0 Å². The molecule has 0 aliphatic heterocycles. The van der Waals surface area contributed by atoms with Crippen LogP contribution >= 0.6 is 22.3 Å². The van der Waals surface area contributed by atoms with E-state index in [1.54, 1.807) is 0 Å². The van der Waals surface area contributed by atoms with Gasteiger partial charge >= 0.3 is 0 Å². The van der Waals surface area contributed by atoms with E-state index in [1.165, 1.54) is 18.2 Å². The molecular formula is C13H17Cl2FO3S. The molecule has 0 saturated heterocycles. The van der Waals surface area contributed by atoms with E-state index in [0.717, 1.165) is 0 Å². The normalized spacial score (nSPS) is 12.4. The standard InChI is InChI=1S/C13H17Cl2FO3S/c1-3-13(4-2,9-20(15,17)18)8-19-10-5-6-11(14)12(16)7-10/h5-7H,3-4,8-9H2,1-2H3. The predicted molar refractivity (Wildman–Crippen MR) is 79.6 cm³/mol. The number of hydrogen-bond donors (Lipinski definition) is 0. The zero-order valence-electron chi connectivity index (χ0n) is 11.3. The van der Waals surface area contributed by atoms with Crippen LogP contribution < -0.4 is 4.74 Å². The molecule has 1 rings (SSSR count). The van der Waals surface area contributed by atoms with Gasteiger partial charge in [0, 0.05) is 22.2 Å². The lowest BCUT2D eigenvalue weighted by atomic mass is 9.85. The number of hydrogen-bond acceptors (Lipinski definition) is 3. The van der Waals surface area contributed by atoms with Crippen LogP contribution in [0.5, 0.6) is 5.75 Å². The molecular weight excluding hydrogens is 326 g/mol. The smallest absolute Gasteiger partial charge is 0.233 e. The monoisotopic (exact) mass is 342 g/mol. The molecule has 0 aliphatic rings. The fraction of sp³-hybridized carbons (Fsp3) is 0.538. The fourth-order valence-corrected chi connectivity index (χ4v) is 3.90. The Balaban J connectivity index is 2.83. The first-order chi connectivity index (χ1) is 9.21. The zero-order chi connectivity index (χ0) is 15.4. The van der Waals surface area contributed by atoms with Crippen LogP contribution in [0.2, 0.25) is 5.02 Å². The van der Waals surface area contributed by atoms with Gasteiger partial charge in [-0.05, 0) is 25.0 Å². The molecule has 1 aromatic rings. The SMILES string of the molecule is CCC(CC)(COc1ccc(Cl)c(F)c1)CS(=O)(=O)Cl. The molecule has 0 aromatic heterocycles. The van der Waals surface area contributed by atoms with E-state index in [4.69, 9.17) is 27.0 Å². The maximum absolute atomic E-state index is 13.3. The Labute approximate surface area is 128 Å². The Morgan fingerprint density at radius 1 is 1.30 bits per heavy atom. The van der Waals surface area contributed by atoms with E-state index in [2.05, 4.69) is 0 Å². The lowest BCUT2D eigenvalue weighted by Gasteiger charge is -2.30. The highest BCUT2D eigenvalue weighted by atomic mass is 35.7. The minimum absolute atomic E-state index is 0.0120. The minimum atomic E-state index is -3.63. The lowest BCUT2D eigenvalue weighted by molar-refractivity contribution is 0.154. The maximum Gasteiger partial charge on any atom is 0.233 e. The van der Waals surface area contributed by atoms with Gasteiger partial charge in [0.25, 0.3) is 0 Å². The second-order valence-corrected chi connectivity index (χ2v) is 7.94. The van der Waals surface area contributed by atoms with Crippen LogP contribution in [0, 0.1) is 11.2 Å². The molecule has 0 fully saturated rings. The summed E-state index contributed by atoms with van der Waals surface area (Å²) in [5, 5.41) is 0.0120. The average molecular weight is 343 g/mol. The fourth-order valence-electron chi connectivity index (χ4n) is 1.87. The van der Waals surface area contributed by atoms with Gasteiger partial charge in [-0.3, -0.25) is 0 Å². The zero-order valence-corrected chi connectivity index (χ0v) is 13.7. The number of rotatable bonds is 7. The number of benzene rings is 1. The van der Waals surface area contributed by atoms with Crippen LogP contribution in [-0.4, -0.2) is 20.8 Å². The van der Waals surface area contributed by atoms with Crippen molar-refractivity contribution in [2.24, 2.45) is 5.41 Å². The van der Waals surface area contributed by atoms with E-state index in [0.29, 0.717) is 18.6 Å². The first-order valence-electron chi connectivity index (χ1n) is 6.21. The predicted octanol–water partition coefficient (Wildman–Crippen LogP) is 4.23. The van der Waals surface area contributed by atoms with Gasteiger partial charge in [-0.15, -0.1) is 0 Å². The van der Waals surface area contributed by atoms with Crippen molar-refractivity contribution in [3.63, 3.8) is 0 Å². The Kier molecular flexibility index (Phi) is 6.10. The molecule has 0 spiro atoms. The Morgan fingerprint density at radius 3 is 2.35 bits per heavy atom. The Morgan fingerprint density at radius 2 is 1.90 bits per heavy atom. The third-order valence-electron chi connectivity index (χ3n) is 3.41. The molecule has 0 radical (unpaired) electrons. The van der Waals surface area contributed by atoms with Gasteiger partial charge in [-0.2, -0.15) is 0 Å². The average Bonchev–Trinajstić information content (AvgIpc) is 2.37. The van der Waals surface area contributed by atoms with Gasteiger partial charge in [0.05, 0.1) is 17.4 Å². The van der Waals surface area contributed by atoms with Crippen LogP contribution in [-0.2, 0) is 9.05 Å². The molecule has 1 aromatic carbocycles. The van der Waals surface area contributed by atoms with Gasteiger partial charge in [-0.1, -0.05) is 25.4 Å². The van der Waals surface area contributed by atoms with Crippen molar-refractivity contribution < 1.29 is 17.5 Å². The summed E-state index contributed by atoms with van der Waals surface area (Å²) < 4.78 is 41.4. The van der Waals surface area contributed by atoms with Gasteiger partial charge in [-0.25, -0.2) is 12.8 Å². The summed E-state index contributed by atoms with van der Waals surface area (Å²) in [5.41, 5.74) is -0.587. The van der Waals surface area contributed by atoms with Crippen LogP contribution in [0.3, 0.4) is 0 Å². The Hall–Kier alpha value is -0.520. The van der Waals surface area contributed by atoms with E-state index in [9.17, 15) is 12.8 Å². The Bertz CT molecular complexity index is 557. The van der Waals surface area contributed by atoms with Crippen molar-refractivity contribution in [1.29, 1.82) is 0 Å².